The number of carbonyl (C=O) groups excluding carboxylic acids is 1. The van der Waals surface area contributed by atoms with Gasteiger partial charge in [0.05, 0.1) is 12.4 Å². The Morgan fingerprint density at radius 3 is 3.12 bits per heavy atom. The van der Waals surface area contributed by atoms with E-state index in [-0.39, 0.29) is 11.9 Å². The lowest BCUT2D eigenvalue weighted by molar-refractivity contribution is -0.119. The van der Waals surface area contributed by atoms with Gasteiger partial charge in [-0.25, -0.2) is 4.98 Å². The first-order valence-electron chi connectivity index (χ1n) is 5.65. The average Bonchev–Trinajstić information content (AvgIpc) is 2.28. The molecule has 2 rings (SSSR count). The fourth-order valence-corrected chi connectivity index (χ4v) is 2.22. The van der Waals surface area contributed by atoms with Gasteiger partial charge in [0.2, 0.25) is 5.91 Å². The summed E-state index contributed by atoms with van der Waals surface area (Å²) in [5.41, 5.74) is 0. The minimum atomic E-state index is 0.00836. The zero-order valence-corrected chi connectivity index (χ0v) is 10.4. The van der Waals surface area contributed by atoms with Gasteiger partial charge in [0, 0.05) is 26.1 Å². The maximum Gasteiger partial charge on any atom is 0.217 e. The topological polar surface area (TPSA) is 58.1 Å². The van der Waals surface area contributed by atoms with Crippen LogP contribution in [0.5, 0.6) is 0 Å². The predicted molar refractivity (Wildman–Crippen MR) is 66.1 cm³/mol. The monoisotopic (exact) mass is 254 g/mol. The second-order valence-corrected chi connectivity index (χ2v) is 4.57. The van der Waals surface area contributed by atoms with Crippen molar-refractivity contribution in [2.45, 2.75) is 25.8 Å². The first-order chi connectivity index (χ1) is 8.15. The molecule has 0 aliphatic carbocycles. The van der Waals surface area contributed by atoms with Gasteiger partial charge in [-0.1, -0.05) is 11.6 Å². The summed E-state index contributed by atoms with van der Waals surface area (Å²) < 4.78 is 0. The lowest BCUT2D eigenvalue weighted by Crippen LogP contribution is -2.47. The van der Waals surface area contributed by atoms with Crippen molar-refractivity contribution in [3.05, 3.63) is 17.5 Å². The van der Waals surface area contributed by atoms with Crippen LogP contribution in [0.1, 0.15) is 19.8 Å². The third-order valence-electron chi connectivity index (χ3n) is 2.75. The summed E-state index contributed by atoms with van der Waals surface area (Å²) in [5.74, 6) is 0.779. The van der Waals surface area contributed by atoms with Gasteiger partial charge >= 0.3 is 0 Å². The third-order valence-corrected chi connectivity index (χ3v) is 2.93. The zero-order chi connectivity index (χ0) is 12.3. The van der Waals surface area contributed by atoms with Crippen LogP contribution >= 0.6 is 11.6 Å². The van der Waals surface area contributed by atoms with Gasteiger partial charge in [-0.2, -0.15) is 0 Å². The summed E-state index contributed by atoms with van der Waals surface area (Å²) in [5, 5.41) is 3.33. The van der Waals surface area contributed by atoms with E-state index in [1.807, 2.05) is 0 Å². The third kappa shape index (κ3) is 3.30. The van der Waals surface area contributed by atoms with E-state index >= 15 is 0 Å². The molecule has 6 heteroatoms. The van der Waals surface area contributed by atoms with Gasteiger partial charge < -0.3 is 10.2 Å². The molecule has 0 spiro atoms. The van der Waals surface area contributed by atoms with Crippen molar-refractivity contribution in [3.63, 3.8) is 0 Å². The fraction of sp³-hybridized carbons (Fsp3) is 0.545. The first kappa shape index (κ1) is 12.1. The minimum absolute atomic E-state index is 0.00836. The van der Waals surface area contributed by atoms with Crippen molar-refractivity contribution in [2.24, 2.45) is 0 Å². The molecule has 1 saturated heterocycles. The summed E-state index contributed by atoms with van der Waals surface area (Å²) >= 11 is 5.81. The van der Waals surface area contributed by atoms with Gasteiger partial charge in [-0.05, 0) is 12.8 Å². The van der Waals surface area contributed by atoms with Gasteiger partial charge in [-0.15, -0.1) is 0 Å². The van der Waals surface area contributed by atoms with Crippen molar-refractivity contribution >= 4 is 23.3 Å². The highest BCUT2D eigenvalue weighted by Gasteiger charge is 2.21. The predicted octanol–water partition coefficient (Wildman–Crippen LogP) is 1.23. The van der Waals surface area contributed by atoms with Crippen LogP contribution in [0, 0.1) is 0 Å². The molecular formula is C11H15ClN4O. The number of rotatable bonds is 2. The number of hydrogen-bond acceptors (Lipinski definition) is 4. The first-order valence-corrected chi connectivity index (χ1v) is 6.02. The van der Waals surface area contributed by atoms with Crippen LogP contribution in [0.15, 0.2) is 12.4 Å². The largest absolute Gasteiger partial charge is 0.353 e. The average molecular weight is 255 g/mol. The standard InChI is InChI=1S/C11H15ClN4O/c1-8(17)14-9-3-2-4-16(7-9)11-6-13-5-10(12)15-11/h5-6,9H,2-4,7H2,1H3,(H,14,17). The van der Waals surface area contributed by atoms with E-state index in [0.717, 1.165) is 31.7 Å². The van der Waals surface area contributed by atoms with Gasteiger partial charge in [0.25, 0.3) is 0 Å². The molecule has 1 amide bonds. The molecule has 1 aliphatic heterocycles. The van der Waals surface area contributed by atoms with E-state index in [2.05, 4.69) is 20.2 Å². The highest BCUT2D eigenvalue weighted by atomic mass is 35.5. The summed E-state index contributed by atoms with van der Waals surface area (Å²) in [6, 6.07) is 0.182. The molecule has 92 valence electrons. The smallest absolute Gasteiger partial charge is 0.217 e. The number of nitrogens with zero attached hydrogens (tertiary/aromatic N) is 3. The van der Waals surface area contributed by atoms with E-state index in [1.54, 1.807) is 6.20 Å². The van der Waals surface area contributed by atoms with Crippen LogP contribution in [0.3, 0.4) is 0 Å². The maximum absolute atomic E-state index is 11.0. The number of amides is 1. The van der Waals surface area contributed by atoms with E-state index < -0.39 is 0 Å². The van der Waals surface area contributed by atoms with Crippen LogP contribution in [-0.2, 0) is 4.79 Å². The fourth-order valence-electron chi connectivity index (χ4n) is 2.08. The van der Waals surface area contributed by atoms with Gasteiger partial charge in [0.1, 0.15) is 11.0 Å². The molecule has 0 bridgehead atoms. The minimum Gasteiger partial charge on any atom is -0.353 e. The molecule has 5 nitrogen and oxygen atoms in total. The molecule has 1 unspecified atom stereocenters. The van der Waals surface area contributed by atoms with Crippen LogP contribution in [0.4, 0.5) is 5.82 Å². The molecule has 1 aromatic rings. The number of nitrogens with one attached hydrogen (secondary N) is 1. The van der Waals surface area contributed by atoms with E-state index in [9.17, 15) is 4.79 Å². The number of halogens is 1. The Balaban J connectivity index is 2.04. The van der Waals surface area contributed by atoms with E-state index in [1.165, 1.54) is 13.1 Å². The molecule has 17 heavy (non-hydrogen) atoms. The Kier molecular flexibility index (Phi) is 3.78. The van der Waals surface area contributed by atoms with Crippen LogP contribution < -0.4 is 10.2 Å². The second-order valence-electron chi connectivity index (χ2n) is 4.19. The molecule has 1 N–H and O–H groups in total. The number of hydrogen-bond donors (Lipinski definition) is 1. The quantitative estimate of drug-likeness (QED) is 0.863. The number of anilines is 1. The Morgan fingerprint density at radius 2 is 2.41 bits per heavy atom. The summed E-state index contributed by atoms with van der Waals surface area (Å²) in [7, 11) is 0. The molecule has 0 aromatic carbocycles. The van der Waals surface area contributed by atoms with Gasteiger partial charge in [-0.3, -0.25) is 9.78 Å². The molecule has 2 heterocycles. The van der Waals surface area contributed by atoms with Crippen LogP contribution in [-0.4, -0.2) is 35.0 Å². The Labute approximate surface area is 105 Å². The van der Waals surface area contributed by atoms with Crippen molar-refractivity contribution in [1.82, 2.24) is 15.3 Å². The lowest BCUT2D eigenvalue weighted by atomic mass is 10.1. The van der Waals surface area contributed by atoms with Crippen molar-refractivity contribution in [3.8, 4) is 0 Å². The number of carbonyl (C=O) groups is 1. The SMILES string of the molecule is CC(=O)NC1CCCN(c2cncc(Cl)n2)C1. The summed E-state index contributed by atoms with van der Waals surface area (Å²) in [6.07, 6.45) is 5.24. The maximum atomic E-state index is 11.0. The highest BCUT2D eigenvalue weighted by Crippen LogP contribution is 2.18. The molecular weight excluding hydrogens is 240 g/mol. The Hall–Kier alpha value is -1.36. The lowest BCUT2D eigenvalue weighted by Gasteiger charge is -2.33. The zero-order valence-electron chi connectivity index (χ0n) is 9.69. The molecule has 0 saturated carbocycles. The number of aromatic nitrogens is 2. The summed E-state index contributed by atoms with van der Waals surface area (Å²) in [6.45, 7) is 3.22. The normalized spacial score (nSPS) is 20.1. The molecule has 1 fully saturated rings. The van der Waals surface area contributed by atoms with Crippen LogP contribution in [0.2, 0.25) is 5.15 Å². The number of piperidine rings is 1. The molecule has 1 atom stereocenters. The Morgan fingerprint density at radius 1 is 1.59 bits per heavy atom. The van der Waals surface area contributed by atoms with Crippen LogP contribution in [0.25, 0.3) is 0 Å². The molecule has 1 aromatic heterocycles. The van der Waals surface area contributed by atoms with Crippen molar-refractivity contribution in [1.29, 1.82) is 0 Å². The van der Waals surface area contributed by atoms with Crippen molar-refractivity contribution < 1.29 is 4.79 Å². The second kappa shape index (κ2) is 5.31. The van der Waals surface area contributed by atoms with Crippen molar-refractivity contribution in [2.75, 3.05) is 18.0 Å². The highest BCUT2D eigenvalue weighted by molar-refractivity contribution is 6.29. The summed E-state index contributed by atoms with van der Waals surface area (Å²) in [4.78, 5) is 21.4. The molecule has 0 radical (unpaired) electrons. The van der Waals surface area contributed by atoms with E-state index in [0.29, 0.717) is 5.15 Å². The molecule has 1 aliphatic rings. The van der Waals surface area contributed by atoms with Gasteiger partial charge in [0.15, 0.2) is 0 Å². The van der Waals surface area contributed by atoms with E-state index in [4.69, 9.17) is 11.6 Å². The Bertz CT molecular complexity index is 412.